The van der Waals surface area contributed by atoms with Gasteiger partial charge in [0.15, 0.2) is 0 Å². The summed E-state index contributed by atoms with van der Waals surface area (Å²) in [4.78, 5) is 13.4. The van der Waals surface area contributed by atoms with Crippen molar-refractivity contribution in [1.82, 2.24) is 4.90 Å². The smallest absolute Gasteiger partial charge is 0.222 e. The molecular weight excluding hydrogens is 411 g/mol. The number of hydrogen-bond donors (Lipinski definition) is 2. The van der Waals surface area contributed by atoms with Crippen molar-refractivity contribution in [2.75, 3.05) is 36.5 Å². The third-order valence-electron chi connectivity index (χ3n) is 4.68. The first kappa shape index (κ1) is 21.2. The number of nitrogens with two attached hydrogens (primary N) is 1. The zero-order valence-electron chi connectivity index (χ0n) is 16.1. The molecule has 0 aromatic heterocycles. The van der Waals surface area contributed by atoms with Gasteiger partial charge in [-0.15, -0.1) is 12.4 Å². The lowest BCUT2D eigenvalue weighted by atomic mass is 10.2. The summed E-state index contributed by atoms with van der Waals surface area (Å²) in [5, 5.41) is 4.12. The lowest BCUT2D eigenvalue weighted by Gasteiger charge is -2.41. The molecule has 0 spiro atoms. The van der Waals surface area contributed by atoms with Crippen molar-refractivity contribution in [3.05, 3.63) is 59.1 Å². The zero-order valence-corrected chi connectivity index (χ0v) is 17.7. The highest BCUT2D eigenvalue weighted by atomic mass is 35.5. The van der Waals surface area contributed by atoms with Crippen LogP contribution in [-0.4, -0.2) is 49.4 Å². The SMILES string of the molecule is Cc1ccc(N2C(N3CCOCC3)=NC(N)=NC2Nc2ccc(Cl)cc2)cc1.Cl. The van der Waals surface area contributed by atoms with Gasteiger partial charge in [-0.2, -0.15) is 4.99 Å². The molecule has 2 heterocycles. The molecule has 1 atom stereocenters. The van der Waals surface area contributed by atoms with Crippen LogP contribution in [0.5, 0.6) is 0 Å². The molecule has 3 N–H and O–H groups in total. The summed E-state index contributed by atoms with van der Waals surface area (Å²) in [6, 6.07) is 15.8. The summed E-state index contributed by atoms with van der Waals surface area (Å²) in [5.74, 6) is 1.02. The van der Waals surface area contributed by atoms with Gasteiger partial charge in [-0.3, -0.25) is 4.90 Å². The Morgan fingerprint density at radius 3 is 2.38 bits per heavy atom. The minimum atomic E-state index is -0.431. The zero-order chi connectivity index (χ0) is 19.5. The van der Waals surface area contributed by atoms with Crippen molar-refractivity contribution in [2.24, 2.45) is 15.7 Å². The minimum Gasteiger partial charge on any atom is -0.378 e. The van der Waals surface area contributed by atoms with Crippen LogP contribution in [0.2, 0.25) is 5.02 Å². The number of halogens is 2. The fraction of sp³-hybridized carbons (Fsp3) is 0.300. The minimum absolute atomic E-state index is 0. The van der Waals surface area contributed by atoms with Gasteiger partial charge in [0.2, 0.25) is 18.2 Å². The molecule has 4 rings (SSSR count). The molecular formula is C20H24Cl2N6O. The van der Waals surface area contributed by atoms with Crippen LogP contribution < -0.4 is 16.0 Å². The molecule has 2 aromatic carbocycles. The molecule has 0 aliphatic carbocycles. The van der Waals surface area contributed by atoms with Gasteiger partial charge in [0.1, 0.15) is 0 Å². The highest BCUT2D eigenvalue weighted by Crippen LogP contribution is 2.25. The number of anilines is 2. The van der Waals surface area contributed by atoms with E-state index in [9.17, 15) is 0 Å². The molecule has 2 aliphatic rings. The van der Waals surface area contributed by atoms with E-state index in [0.717, 1.165) is 30.4 Å². The van der Waals surface area contributed by atoms with Crippen LogP contribution in [-0.2, 0) is 4.74 Å². The van der Waals surface area contributed by atoms with E-state index in [1.54, 1.807) is 0 Å². The van der Waals surface area contributed by atoms with E-state index in [-0.39, 0.29) is 18.4 Å². The van der Waals surface area contributed by atoms with Crippen LogP contribution in [0.3, 0.4) is 0 Å². The number of aryl methyl sites for hydroxylation is 1. The monoisotopic (exact) mass is 434 g/mol. The van der Waals surface area contributed by atoms with Gasteiger partial charge in [0.25, 0.3) is 0 Å². The van der Waals surface area contributed by atoms with E-state index >= 15 is 0 Å². The van der Waals surface area contributed by atoms with Crippen molar-refractivity contribution < 1.29 is 4.74 Å². The summed E-state index contributed by atoms with van der Waals surface area (Å²) in [6.07, 6.45) is -0.431. The van der Waals surface area contributed by atoms with Crippen LogP contribution in [0.25, 0.3) is 0 Å². The van der Waals surface area contributed by atoms with Gasteiger partial charge in [-0.05, 0) is 43.3 Å². The van der Waals surface area contributed by atoms with Crippen LogP contribution in [0.1, 0.15) is 5.56 Å². The molecule has 1 saturated heterocycles. The van der Waals surface area contributed by atoms with E-state index in [0.29, 0.717) is 18.2 Å². The second-order valence-corrected chi connectivity index (χ2v) is 7.17. The molecule has 29 heavy (non-hydrogen) atoms. The Morgan fingerprint density at radius 2 is 1.72 bits per heavy atom. The van der Waals surface area contributed by atoms with Crippen molar-refractivity contribution in [3.8, 4) is 0 Å². The van der Waals surface area contributed by atoms with E-state index in [1.807, 2.05) is 24.3 Å². The number of morpholine rings is 1. The number of aliphatic imine (C=N–C) groups is 2. The maximum atomic E-state index is 6.08. The molecule has 9 heteroatoms. The summed E-state index contributed by atoms with van der Waals surface area (Å²) in [5.41, 5.74) is 9.15. The first-order valence-corrected chi connectivity index (χ1v) is 9.60. The number of hydrogen-bond acceptors (Lipinski definition) is 7. The highest BCUT2D eigenvalue weighted by Gasteiger charge is 2.32. The van der Waals surface area contributed by atoms with Crippen molar-refractivity contribution in [2.45, 2.75) is 13.2 Å². The average Bonchev–Trinajstić information content (AvgIpc) is 2.71. The van der Waals surface area contributed by atoms with E-state index in [1.165, 1.54) is 5.56 Å². The lowest BCUT2D eigenvalue weighted by molar-refractivity contribution is 0.0671. The quantitative estimate of drug-likeness (QED) is 0.774. The molecule has 0 radical (unpaired) electrons. The average molecular weight is 435 g/mol. The Morgan fingerprint density at radius 1 is 1.07 bits per heavy atom. The van der Waals surface area contributed by atoms with Gasteiger partial charge >= 0.3 is 0 Å². The Labute approximate surface area is 181 Å². The fourth-order valence-corrected chi connectivity index (χ4v) is 3.34. The number of benzene rings is 2. The van der Waals surface area contributed by atoms with E-state index in [4.69, 9.17) is 22.1 Å². The summed E-state index contributed by atoms with van der Waals surface area (Å²) < 4.78 is 5.50. The normalized spacial score (nSPS) is 19.2. The predicted octanol–water partition coefficient (Wildman–Crippen LogP) is 3.29. The van der Waals surface area contributed by atoms with Crippen molar-refractivity contribution in [3.63, 3.8) is 0 Å². The fourth-order valence-electron chi connectivity index (χ4n) is 3.22. The maximum absolute atomic E-state index is 6.08. The number of rotatable bonds is 3. The van der Waals surface area contributed by atoms with Crippen molar-refractivity contribution >= 4 is 47.3 Å². The molecule has 0 bridgehead atoms. The Hall–Kier alpha value is -2.48. The first-order valence-electron chi connectivity index (χ1n) is 9.23. The second-order valence-electron chi connectivity index (χ2n) is 6.73. The maximum Gasteiger partial charge on any atom is 0.222 e. The van der Waals surface area contributed by atoms with Gasteiger partial charge in [0.05, 0.1) is 13.2 Å². The third kappa shape index (κ3) is 4.93. The van der Waals surface area contributed by atoms with Gasteiger partial charge < -0.3 is 20.7 Å². The number of nitrogens with one attached hydrogen (secondary N) is 1. The number of ether oxygens (including phenoxy) is 1. The predicted molar refractivity (Wildman–Crippen MR) is 121 cm³/mol. The van der Waals surface area contributed by atoms with Crippen LogP contribution in [0.15, 0.2) is 58.5 Å². The van der Waals surface area contributed by atoms with E-state index in [2.05, 4.69) is 56.3 Å². The molecule has 7 nitrogen and oxygen atoms in total. The van der Waals surface area contributed by atoms with Crippen LogP contribution in [0, 0.1) is 6.92 Å². The number of guanidine groups is 2. The van der Waals surface area contributed by atoms with Gasteiger partial charge in [-0.25, -0.2) is 4.99 Å². The topological polar surface area (TPSA) is 78.5 Å². The molecule has 1 fully saturated rings. The Balaban J connectivity index is 0.00000240. The van der Waals surface area contributed by atoms with E-state index < -0.39 is 6.29 Å². The largest absolute Gasteiger partial charge is 0.378 e. The van der Waals surface area contributed by atoms with Gasteiger partial charge in [-0.1, -0.05) is 29.3 Å². The van der Waals surface area contributed by atoms with Gasteiger partial charge in [0, 0.05) is 29.5 Å². The third-order valence-corrected chi connectivity index (χ3v) is 4.93. The molecule has 1 unspecified atom stereocenters. The molecule has 0 saturated carbocycles. The van der Waals surface area contributed by atoms with Crippen LogP contribution >= 0.6 is 24.0 Å². The van der Waals surface area contributed by atoms with Crippen molar-refractivity contribution in [1.29, 1.82) is 0 Å². The molecule has 2 aromatic rings. The second kappa shape index (κ2) is 9.35. The first-order chi connectivity index (χ1) is 13.6. The molecule has 0 amide bonds. The number of nitrogens with zero attached hydrogens (tertiary/aromatic N) is 4. The van der Waals surface area contributed by atoms with Crippen LogP contribution in [0.4, 0.5) is 11.4 Å². The molecule has 154 valence electrons. The highest BCUT2D eigenvalue weighted by molar-refractivity contribution is 6.30. The summed E-state index contributed by atoms with van der Waals surface area (Å²) in [7, 11) is 0. The molecule has 2 aliphatic heterocycles. The Bertz CT molecular complexity index is 879. The lowest BCUT2D eigenvalue weighted by Crippen LogP contribution is -2.57. The standard InChI is InChI=1S/C20H23ClN6O.ClH/c1-14-2-8-17(9-3-14)27-19(23-16-6-4-15(21)5-7-16)24-18(22)25-20(27)26-10-12-28-13-11-26;/h2-9,19,23H,10-13H2,1H3,(H2,22,24);1H. The summed E-state index contributed by atoms with van der Waals surface area (Å²) in [6.45, 7) is 4.89. The summed E-state index contributed by atoms with van der Waals surface area (Å²) >= 11 is 6.02. The Kier molecular flexibility index (Phi) is 6.84.